The Morgan fingerprint density at radius 2 is 1.26 bits per heavy atom. The third kappa shape index (κ3) is 15.7. The molecule has 0 saturated carbocycles. The van der Waals surface area contributed by atoms with Gasteiger partial charge in [0.15, 0.2) is 0 Å². The van der Waals surface area contributed by atoms with E-state index in [1.165, 1.54) is 50.0 Å². The average Bonchev–Trinajstić information content (AvgIpc) is 2.43. The lowest BCUT2D eigenvalue weighted by Gasteiger charge is -1.99. The van der Waals surface area contributed by atoms with Crippen LogP contribution in [0.2, 0.25) is 0 Å². The van der Waals surface area contributed by atoms with Crippen molar-refractivity contribution in [2.75, 3.05) is 11.5 Å². The highest BCUT2D eigenvalue weighted by molar-refractivity contribution is 8.76. The fourth-order valence-corrected chi connectivity index (χ4v) is 3.66. The quantitative estimate of drug-likeness (QED) is 0.437. The van der Waals surface area contributed by atoms with Gasteiger partial charge in [0.05, 0.1) is 0 Å². The Bertz CT molecular complexity index is 255. The zero-order chi connectivity index (χ0) is 14.2. The first-order valence-electron chi connectivity index (χ1n) is 7.29. The van der Waals surface area contributed by atoms with Crippen LogP contribution in [0.1, 0.15) is 52.4 Å². The monoisotopic (exact) mass is 300 g/mol. The molecule has 1 aromatic rings. The molecule has 0 aliphatic carbocycles. The Balaban J connectivity index is 0.000000388. The van der Waals surface area contributed by atoms with Crippen LogP contribution in [0.5, 0.6) is 5.75 Å². The second-order valence-electron chi connectivity index (χ2n) is 4.39. The summed E-state index contributed by atoms with van der Waals surface area (Å²) in [6, 6.07) is 8.71. The van der Waals surface area contributed by atoms with Gasteiger partial charge in [0, 0.05) is 11.5 Å². The molecule has 1 N–H and O–H groups in total. The summed E-state index contributed by atoms with van der Waals surface area (Å²) in [5, 5.41) is 8.63. The van der Waals surface area contributed by atoms with Gasteiger partial charge in [-0.1, -0.05) is 79.3 Å². The van der Waals surface area contributed by atoms with Crippen molar-refractivity contribution in [1.82, 2.24) is 0 Å². The molecule has 110 valence electrons. The second-order valence-corrected chi connectivity index (χ2v) is 7.10. The Morgan fingerprint density at radius 1 is 0.789 bits per heavy atom. The Kier molecular flexibility index (Phi) is 15.5. The molecule has 0 saturated heterocycles. The molecular weight excluding hydrogens is 272 g/mol. The lowest BCUT2D eigenvalue weighted by atomic mass is 10.3. The van der Waals surface area contributed by atoms with Crippen molar-refractivity contribution >= 4 is 21.6 Å². The number of phenols is 1. The van der Waals surface area contributed by atoms with Crippen LogP contribution in [0.4, 0.5) is 0 Å². The molecule has 1 rings (SSSR count). The number of para-hydroxylation sites is 1. The SMILES string of the molecule is CCCCCSSCCCCC.Oc1ccccc1. The number of unbranched alkanes of at least 4 members (excludes halogenated alkanes) is 4. The molecule has 0 unspecified atom stereocenters. The summed E-state index contributed by atoms with van der Waals surface area (Å²) in [7, 11) is 4.12. The molecule has 0 heterocycles. The number of benzene rings is 1. The molecule has 3 heteroatoms. The Morgan fingerprint density at radius 3 is 1.58 bits per heavy atom. The maximum Gasteiger partial charge on any atom is 0.115 e. The van der Waals surface area contributed by atoms with E-state index in [1.807, 2.05) is 6.07 Å². The predicted octanol–water partition coefficient (Wildman–Crippen LogP) is 6.14. The topological polar surface area (TPSA) is 20.2 Å². The summed E-state index contributed by atoms with van der Waals surface area (Å²) in [5.74, 6) is 3.03. The fourth-order valence-electron chi connectivity index (χ4n) is 1.37. The van der Waals surface area contributed by atoms with Gasteiger partial charge in [-0.2, -0.15) is 0 Å². The highest BCUT2D eigenvalue weighted by Crippen LogP contribution is 2.24. The molecule has 0 amide bonds. The number of hydrogen-bond donors (Lipinski definition) is 1. The van der Waals surface area contributed by atoms with E-state index in [9.17, 15) is 0 Å². The molecule has 0 aliphatic heterocycles. The molecule has 0 atom stereocenters. The van der Waals surface area contributed by atoms with Gasteiger partial charge in [-0.05, 0) is 25.0 Å². The molecule has 0 bridgehead atoms. The van der Waals surface area contributed by atoms with Crippen molar-refractivity contribution in [2.45, 2.75) is 52.4 Å². The van der Waals surface area contributed by atoms with Gasteiger partial charge < -0.3 is 5.11 Å². The number of hydrogen-bond acceptors (Lipinski definition) is 3. The number of rotatable bonds is 9. The Labute approximate surface area is 127 Å². The molecule has 19 heavy (non-hydrogen) atoms. The van der Waals surface area contributed by atoms with Gasteiger partial charge in [-0.15, -0.1) is 0 Å². The summed E-state index contributed by atoms with van der Waals surface area (Å²) in [6.45, 7) is 4.53. The Hall–Kier alpha value is -0.280. The highest BCUT2D eigenvalue weighted by Gasteiger charge is 1.90. The number of phenolic OH excluding ortho intramolecular Hbond substituents is 1. The van der Waals surface area contributed by atoms with Gasteiger partial charge in [-0.3, -0.25) is 0 Å². The van der Waals surface area contributed by atoms with Crippen molar-refractivity contribution in [3.05, 3.63) is 30.3 Å². The van der Waals surface area contributed by atoms with Crippen molar-refractivity contribution in [1.29, 1.82) is 0 Å². The summed E-state index contributed by atoms with van der Waals surface area (Å²) in [6.07, 6.45) is 8.32. The molecule has 0 radical (unpaired) electrons. The minimum absolute atomic E-state index is 0.322. The van der Waals surface area contributed by atoms with E-state index in [2.05, 4.69) is 35.4 Å². The summed E-state index contributed by atoms with van der Waals surface area (Å²) >= 11 is 0. The first kappa shape index (κ1) is 18.7. The molecule has 1 nitrogen and oxygen atoms in total. The van der Waals surface area contributed by atoms with Crippen molar-refractivity contribution in [3.8, 4) is 5.75 Å². The lowest BCUT2D eigenvalue weighted by Crippen LogP contribution is -1.79. The van der Waals surface area contributed by atoms with Crippen molar-refractivity contribution in [3.63, 3.8) is 0 Å². The molecule has 0 aromatic heterocycles. The van der Waals surface area contributed by atoms with Crippen LogP contribution in [0.15, 0.2) is 30.3 Å². The van der Waals surface area contributed by atoms with Crippen LogP contribution in [0.25, 0.3) is 0 Å². The standard InChI is InChI=1S/C10H22S2.C6H6O/c1-3-5-7-9-11-12-10-8-6-4-2;7-6-4-2-1-3-5-6/h3-10H2,1-2H3;1-5,7H. The van der Waals surface area contributed by atoms with E-state index < -0.39 is 0 Å². The maximum atomic E-state index is 8.63. The third-order valence-electron chi connectivity index (χ3n) is 2.50. The molecule has 0 aliphatic rings. The van der Waals surface area contributed by atoms with E-state index in [4.69, 9.17) is 5.11 Å². The minimum Gasteiger partial charge on any atom is -0.508 e. The van der Waals surface area contributed by atoms with E-state index in [-0.39, 0.29) is 0 Å². The summed E-state index contributed by atoms with van der Waals surface area (Å²) in [5.41, 5.74) is 0. The third-order valence-corrected chi connectivity index (χ3v) is 5.08. The first-order valence-corrected chi connectivity index (χ1v) is 9.78. The molecule has 1 aromatic carbocycles. The maximum absolute atomic E-state index is 8.63. The zero-order valence-corrected chi connectivity index (χ0v) is 13.9. The van der Waals surface area contributed by atoms with E-state index >= 15 is 0 Å². The summed E-state index contributed by atoms with van der Waals surface area (Å²) in [4.78, 5) is 0. The van der Waals surface area contributed by atoms with Crippen molar-refractivity contribution in [2.24, 2.45) is 0 Å². The first-order chi connectivity index (χ1) is 9.31. The molecule has 0 fully saturated rings. The lowest BCUT2D eigenvalue weighted by molar-refractivity contribution is 0.475. The number of aromatic hydroxyl groups is 1. The van der Waals surface area contributed by atoms with Gasteiger partial charge in [-0.25, -0.2) is 0 Å². The molecule has 0 spiro atoms. The van der Waals surface area contributed by atoms with Gasteiger partial charge in [0.25, 0.3) is 0 Å². The predicted molar refractivity (Wildman–Crippen MR) is 92.1 cm³/mol. The van der Waals surface area contributed by atoms with E-state index in [1.54, 1.807) is 24.3 Å². The van der Waals surface area contributed by atoms with E-state index in [0.29, 0.717) is 5.75 Å². The second kappa shape index (κ2) is 15.8. The highest BCUT2D eigenvalue weighted by atomic mass is 33.1. The van der Waals surface area contributed by atoms with Crippen LogP contribution >= 0.6 is 21.6 Å². The largest absolute Gasteiger partial charge is 0.508 e. The minimum atomic E-state index is 0.322. The van der Waals surface area contributed by atoms with E-state index in [0.717, 1.165) is 0 Å². The molecular formula is C16H28OS2. The van der Waals surface area contributed by atoms with Crippen LogP contribution in [-0.4, -0.2) is 16.6 Å². The smallest absolute Gasteiger partial charge is 0.115 e. The van der Waals surface area contributed by atoms with Crippen LogP contribution < -0.4 is 0 Å². The van der Waals surface area contributed by atoms with Gasteiger partial charge >= 0.3 is 0 Å². The normalized spacial score (nSPS) is 9.79. The van der Waals surface area contributed by atoms with Crippen LogP contribution in [-0.2, 0) is 0 Å². The average molecular weight is 301 g/mol. The van der Waals surface area contributed by atoms with Gasteiger partial charge in [0.1, 0.15) is 5.75 Å². The van der Waals surface area contributed by atoms with Crippen LogP contribution in [0.3, 0.4) is 0 Å². The van der Waals surface area contributed by atoms with Crippen molar-refractivity contribution < 1.29 is 5.11 Å². The van der Waals surface area contributed by atoms with Crippen LogP contribution in [0, 0.1) is 0 Å². The zero-order valence-electron chi connectivity index (χ0n) is 12.3. The summed E-state index contributed by atoms with van der Waals surface area (Å²) < 4.78 is 0. The fraction of sp³-hybridized carbons (Fsp3) is 0.625. The van der Waals surface area contributed by atoms with Gasteiger partial charge in [0.2, 0.25) is 0 Å².